The van der Waals surface area contributed by atoms with Gasteiger partial charge >= 0.3 is 0 Å². The molecule has 1 N–H and O–H groups in total. The minimum absolute atomic E-state index is 0.0959. The third-order valence-corrected chi connectivity index (χ3v) is 4.52. The highest BCUT2D eigenvalue weighted by Crippen LogP contribution is 2.36. The second-order valence-electron chi connectivity index (χ2n) is 6.44. The normalized spacial score (nSPS) is 12.2. The summed E-state index contributed by atoms with van der Waals surface area (Å²) in [5.74, 6) is 0.865. The molecule has 6 heteroatoms. The van der Waals surface area contributed by atoms with E-state index in [1.807, 2.05) is 39.2 Å². The molecule has 28 heavy (non-hydrogen) atoms. The van der Waals surface area contributed by atoms with E-state index >= 15 is 0 Å². The second-order valence-corrected chi connectivity index (χ2v) is 6.84. The van der Waals surface area contributed by atoms with E-state index in [0.717, 1.165) is 11.1 Å². The maximum absolute atomic E-state index is 12.3. The first-order valence-corrected chi connectivity index (χ1v) is 9.51. The van der Waals surface area contributed by atoms with Gasteiger partial charge in [0.15, 0.2) is 11.5 Å². The van der Waals surface area contributed by atoms with Crippen LogP contribution >= 0.6 is 11.6 Å². The van der Waals surface area contributed by atoms with Gasteiger partial charge in [-0.1, -0.05) is 41.9 Å². The van der Waals surface area contributed by atoms with Gasteiger partial charge in [-0.3, -0.25) is 4.79 Å². The van der Waals surface area contributed by atoms with E-state index in [9.17, 15) is 4.79 Å². The number of halogens is 1. The van der Waals surface area contributed by atoms with Crippen molar-refractivity contribution in [1.82, 2.24) is 10.2 Å². The lowest BCUT2D eigenvalue weighted by Gasteiger charge is -2.24. The van der Waals surface area contributed by atoms with Crippen LogP contribution in [0.25, 0.3) is 6.08 Å². The first kappa shape index (κ1) is 21.8. The van der Waals surface area contributed by atoms with Gasteiger partial charge in [0.25, 0.3) is 0 Å². The predicted octanol–water partition coefficient (Wildman–Crippen LogP) is 4.18. The molecule has 2 rings (SSSR count). The molecular weight excluding hydrogens is 376 g/mol. The quantitative estimate of drug-likeness (QED) is 0.639. The SMILES string of the molecule is CCOc1cc(/C=C/C(=O)NCC(c2ccccc2)N(C)C)cc(Cl)c1OC. The monoisotopic (exact) mass is 402 g/mol. The molecule has 0 aliphatic heterocycles. The summed E-state index contributed by atoms with van der Waals surface area (Å²) < 4.78 is 10.8. The van der Waals surface area contributed by atoms with Gasteiger partial charge in [-0.2, -0.15) is 0 Å². The lowest BCUT2D eigenvalue weighted by molar-refractivity contribution is -0.116. The molecule has 1 unspecified atom stereocenters. The zero-order chi connectivity index (χ0) is 20.5. The zero-order valence-electron chi connectivity index (χ0n) is 16.7. The fourth-order valence-corrected chi connectivity index (χ4v) is 3.14. The fourth-order valence-electron chi connectivity index (χ4n) is 2.85. The molecule has 0 heterocycles. The van der Waals surface area contributed by atoms with Gasteiger partial charge in [-0.05, 0) is 50.4 Å². The summed E-state index contributed by atoms with van der Waals surface area (Å²) in [6.45, 7) is 2.89. The summed E-state index contributed by atoms with van der Waals surface area (Å²) in [6.07, 6.45) is 3.20. The first-order chi connectivity index (χ1) is 13.5. The van der Waals surface area contributed by atoms with Crippen molar-refractivity contribution in [3.63, 3.8) is 0 Å². The summed E-state index contributed by atoms with van der Waals surface area (Å²) in [5, 5.41) is 3.39. The van der Waals surface area contributed by atoms with Crippen LogP contribution in [-0.2, 0) is 4.79 Å². The Bertz CT molecular complexity index is 807. The molecule has 1 amide bonds. The molecule has 1 atom stereocenters. The van der Waals surface area contributed by atoms with Crippen LogP contribution in [0.5, 0.6) is 11.5 Å². The molecular formula is C22H27ClN2O3. The van der Waals surface area contributed by atoms with Crippen molar-refractivity contribution in [1.29, 1.82) is 0 Å². The van der Waals surface area contributed by atoms with Gasteiger partial charge in [0.2, 0.25) is 5.91 Å². The number of methoxy groups -OCH3 is 1. The molecule has 0 aliphatic carbocycles. The summed E-state index contributed by atoms with van der Waals surface area (Å²) in [7, 11) is 5.53. The Labute approximate surface area is 171 Å². The number of hydrogen-bond acceptors (Lipinski definition) is 4. The molecule has 0 spiro atoms. The molecule has 0 aliphatic rings. The summed E-state index contributed by atoms with van der Waals surface area (Å²) >= 11 is 6.25. The van der Waals surface area contributed by atoms with E-state index in [1.165, 1.54) is 6.08 Å². The minimum atomic E-state index is -0.173. The number of ether oxygens (including phenoxy) is 2. The number of nitrogens with one attached hydrogen (secondary N) is 1. The Hall–Kier alpha value is -2.50. The van der Waals surface area contributed by atoms with E-state index in [0.29, 0.717) is 29.7 Å². The third kappa shape index (κ3) is 6.01. The Morgan fingerprint density at radius 1 is 1.25 bits per heavy atom. The number of nitrogens with zero attached hydrogens (tertiary/aromatic N) is 1. The van der Waals surface area contributed by atoms with Crippen molar-refractivity contribution in [3.05, 3.63) is 64.7 Å². The molecule has 0 saturated heterocycles. The van der Waals surface area contributed by atoms with Crippen molar-refractivity contribution in [2.75, 3.05) is 34.4 Å². The number of rotatable bonds is 9. The van der Waals surface area contributed by atoms with E-state index in [4.69, 9.17) is 21.1 Å². The van der Waals surface area contributed by atoms with Crippen molar-refractivity contribution in [3.8, 4) is 11.5 Å². The minimum Gasteiger partial charge on any atom is -0.491 e. The standard InChI is InChI=1S/C22H27ClN2O3/c1-5-28-20-14-16(13-18(23)22(20)27-4)11-12-21(26)24-15-19(25(2)3)17-9-7-6-8-10-17/h6-14,19H,5,15H2,1-4H3,(H,24,26)/b12-11+. The Morgan fingerprint density at radius 2 is 1.96 bits per heavy atom. The van der Waals surface area contributed by atoms with Crippen LogP contribution < -0.4 is 14.8 Å². The lowest BCUT2D eigenvalue weighted by atomic mass is 10.1. The highest BCUT2D eigenvalue weighted by molar-refractivity contribution is 6.32. The lowest BCUT2D eigenvalue weighted by Crippen LogP contribution is -2.33. The highest BCUT2D eigenvalue weighted by atomic mass is 35.5. The molecule has 0 saturated carbocycles. The number of benzene rings is 2. The van der Waals surface area contributed by atoms with E-state index in [2.05, 4.69) is 22.3 Å². The maximum atomic E-state index is 12.3. The van der Waals surface area contributed by atoms with Gasteiger partial charge in [0.1, 0.15) is 0 Å². The highest BCUT2D eigenvalue weighted by Gasteiger charge is 2.14. The van der Waals surface area contributed by atoms with E-state index in [-0.39, 0.29) is 11.9 Å². The van der Waals surface area contributed by atoms with Gasteiger partial charge in [0, 0.05) is 12.6 Å². The molecule has 0 radical (unpaired) electrons. The van der Waals surface area contributed by atoms with Gasteiger partial charge < -0.3 is 19.7 Å². The van der Waals surface area contributed by atoms with E-state index in [1.54, 1.807) is 25.3 Å². The average molecular weight is 403 g/mol. The molecule has 5 nitrogen and oxygen atoms in total. The Morgan fingerprint density at radius 3 is 2.57 bits per heavy atom. The fraction of sp³-hybridized carbons (Fsp3) is 0.318. The largest absolute Gasteiger partial charge is 0.491 e. The topological polar surface area (TPSA) is 50.8 Å². The number of amides is 1. The third-order valence-electron chi connectivity index (χ3n) is 4.24. The number of carbonyl (C=O) groups excluding carboxylic acids is 1. The van der Waals surface area contributed by atoms with Crippen LogP contribution in [0.15, 0.2) is 48.5 Å². The van der Waals surface area contributed by atoms with Crippen molar-refractivity contribution in [2.24, 2.45) is 0 Å². The van der Waals surface area contributed by atoms with Gasteiger partial charge in [-0.25, -0.2) is 0 Å². The Kier molecular flexibility index (Phi) is 8.36. The van der Waals surface area contributed by atoms with Crippen molar-refractivity contribution in [2.45, 2.75) is 13.0 Å². The van der Waals surface area contributed by atoms with E-state index < -0.39 is 0 Å². The summed E-state index contributed by atoms with van der Waals surface area (Å²) in [6, 6.07) is 13.7. The average Bonchev–Trinajstić information content (AvgIpc) is 2.67. The Balaban J connectivity index is 2.05. The van der Waals surface area contributed by atoms with Crippen LogP contribution in [0.2, 0.25) is 5.02 Å². The second kappa shape index (κ2) is 10.7. The summed E-state index contributed by atoms with van der Waals surface area (Å²) in [4.78, 5) is 14.4. The molecule has 0 bridgehead atoms. The van der Waals surface area contributed by atoms with Gasteiger partial charge in [0.05, 0.1) is 24.8 Å². The smallest absolute Gasteiger partial charge is 0.244 e. The van der Waals surface area contributed by atoms with Crippen LogP contribution in [0, 0.1) is 0 Å². The molecule has 2 aromatic carbocycles. The van der Waals surface area contributed by atoms with Crippen molar-refractivity contribution >= 4 is 23.6 Å². The molecule has 0 aromatic heterocycles. The van der Waals surface area contributed by atoms with Crippen LogP contribution in [0.4, 0.5) is 0 Å². The number of likely N-dealkylation sites (N-methyl/N-ethyl adjacent to an activating group) is 1. The maximum Gasteiger partial charge on any atom is 0.244 e. The summed E-state index contributed by atoms with van der Waals surface area (Å²) in [5.41, 5.74) is 1.91. The number of hydrogen-bond donors (Lipinski definition) is 1. The van der Waals surface area contributed by atoms with Crippen LogP contribution in [0.3, 0.4) is 0 Å². The first-order valence-electron chi connectivity index (χ1n) is 9.13. The van der Waals surface area contributed by atoms with Crippen LogP contribution in [-0.4, -0.2) is 45.2 Å². The zero-order valence-corrected chi connectivity index (χ0v) is 17.5. The van der Waals surface area contributed by atoms with Gasteiger partial charge in [-0.15, -0.1) is 0 Å². The van der Waals surface area contributed by atoms with Crippen molar-refractivity contribution < 1.29 is 14.3 Å². The molecule has 0 fully saturated rings. The predicted molar refractivity (Wildman–Crippen MR) is 114 cm³/mol. The molecule has 2 aromatic rings. The van der Waals surface area contributed by atoms with Crippen LogP contribution in [0.1, 0.15) is 24.1 Å². The molecule has 150 valence electrons. The number of carbonyl (C=O) groups is 1.